The Morgan fingerprint density at radius 3 is 2.56 bits per heavy atom. The second-order valence-corrected chi connectivity index (χ2v) is 7.35. The van der Waals surface area contributed by atoms with Crippen LogP contribution < -0.4 is 5.32 Å². The van der Waals surface area contributed by atoms with E-state index >= 15 is 0 Å². The topological polar surface area (TPSA) is 78.4 Å². The van der Waals surface area contributed by atoms with Gasteiger partial charge in [0.15, 0.2) is 5.13 Å². The summed E-state index contributed by atoms with van der Waals surface area (Å²) in [5.41, 5.74) is 1.35. The Labute approximate surface area is 160 Å². The maximum absolute atomic E-state index is 12.4. The quantitative estimate of drug-likeness (QED) is 0.749. The van der Waals surface area contributed by atoms with Gasteiger partial charge < -0.3 is 10.2 Å². The lowest BCUT2D eigenvalue weighted by Gasteiger charge is -2.34. The highest BCUT2D eigenvalue weighted by Gasteiger charge is 2.24. The van der Waals surface area contributed by atoms with E-state index in [1.54, 1.807) is 23.2 Å². The Morgan fingerprint density at radius 2 is 1.81 bits per heavy atom. The molecule has 3 aromatic rings. The number of anilines is 1. The van der Waals surface area contributed by atoms with E-state index in [0.29, 0.717) is 43.5 Å². The van der Waals surface area contributed by atoms with Gasteiger partial charge in [-0.1, -0.05) is 29.5 Å². The second-order valence-electron chi connectivity index (χ2n) is 6.32. The summed E-state index contributed by atoms with van der Waals surface area (Å²) in [7, 11) is 0. The molecular formula is C19H19N5O2S. The maximum atomic E-state index is 12.4. The average molecular weight is 381 g/mol. The molecular weight excluding hydrogens is 362 g/mol. The van der Waals surface area contributed by atoms with Crippen molar-refractivity contribution in [3.8, 4) is 0 Å². The SMILES string of the molecule is O=C(CN1CCN(C(=O)c2ccccn2)CC1)Nc1nc2ccccc2s1. The summed E-state index contributed by atoms with van der Waals surface area (Å²) in [6.45, 7) is 2.78. The van der Waals surface area contributed by atoms with Crippen molar-refractivity contribution >= 4 is 38.5 Å². The van der Waals surface area contributed by atoms with Crippen LogP contribution in [-0.4, -0.2) is 64.3 Å². The highest BCUT2D eigenvalue weighted by atomic mass is 32.1. The fraction of sp³-hybridized carbons (Fsp3) is 0.263. The number of thiazole rings is 1. The number of aromatic nitrogens is 2. The van der Waals surface area contributed by atoms with Crippen LogP contribution in [0.2, 0.25) is 0 Å². The number of carbonyl (C=O) groups is 2. The summed E-state index contributed by atoms with van der Waals surface area (Å²) in [6.07, 6.45) is 1.62. The predicted molar refractivity (Wildman–Crippen MR) is 105 cm³/mol. The van der Waals surface area contributed by atoms with E-state index in [4.69, 9.17) is 0 Å². The summed E-state index contributed by atoms with van der Waals surface area (Å²) in [5.74, 6) is -0.146. The number of hydrogen-bond acceptors (Lipinski definition) is 6. The van der Waals surface area contributed by atoms with E-state index in [1.807, 2.05) is 35.2 Å². The van der Waals surface area contributed by atoms with Crippen LogP contribution in [0, 0.1) is 0 Å². The third-order valence-corrected chi connectivity index (χ3v) is 5.40. The minimum Gasteiger partial charge on any atom is -0.335 e. The summed E-state index contributed by atoms with van der Waals surface area (Å²) in [6, 6.07) is 13.1. The molecule has 1 fully saturated rings. The Balaban J connectivity index is 1.28. The molecule has 3 heterocycles. The van der Waals surface area contributed by atoms with E-state index in [0.717, 1.165) is 10.2 Å². The zero-order valence-electron chi connectivity index (χ0n) is 14.7. The molecule has 8 heteroatoms. The van der Waals surface area contributed by atoms with E-state index in [-0.39, 0.29) is 11.8 Å². The van der Waals surface area contributed by atoms with Gasteiger partial charge >= 0.3 is 0 Å². The van der Waals surface area contributed by atoms with Crippen LogP contribution in [0.1, 0.15) is 10.5 Å². The van der Waals surface area contributed by atoms with Gasteiger partial charge in [0.1, 0.15) is 5.69 Å². The summed E-state index contributed by atoms with van der Waals surface area (Å²) < 4.78 is 1.05. The molecule has 0 radical (unpaired) electrons. The number of nitrogens with zero attached hydrogens (tertiary/aromatic N) is 4. The molecule has 7 nitrogen and oxygen atoms in total. The summed E-state index contributed by atoms with van der Waals surface area (Å²) >= 11 is 1.47. The fourth-order valence-corrected chi connectivity index (χ4v) is 3.93. The first-order valence-electron chi connectivity index (χ1n) is 8.77. The van der Waals surface area contributed by atoms with Gasteiger partial charge in [-0.05, 0) is 24.3 Å². The third-order valence-electron chi connectivity index (χ3n) is 4.45. The molecule has 1 aliphatic heterocycles. The number of nitrogens with one attached hydrogen (secondary N) is 1. The second kappa shape index (κ2) is 7.81. The first kappa shape index (κ1) is 17.6. The Bertz CT molecular complexity index is 918. The summed E-state index contributed by atoms with van der Waals surface area (Å²) in [4.78, 5) is 37.1. The van der Waals surface area contributed by atoms with Crippen LogP contribution in [0.15, 0.2) is 48.7 Å². The monoisotopic (exact) mass is 381 g/mol. The number of piperazine rings is 1. The number of amides is 2. The van der Waals surface area contributed by atoms with Crippen molar-refractivity contribution < 1.29 is 9.59 Å². The van der Waals surface area contributed by atoms with Crippen molar-refractivity contribution in [2.45, 2.75) is 0 Å². The van der Waals surface area contributed by atoms with Crippen molar-refractivity contribution in [1.82, 2.24) is 19.8 Å². The Kier molecular flexibility index (Phi) is 5.08. The molecule has 0 bridgehead atoms. The molecule has 1 N–H and O–H groups in total. The number of para-hydroxylation sites is 1. The average Bonchev–Trinajstić information content (AvgIpc) is 3.10. The number of pyridine rings is 1. The molecule has 0 atom stereocenters. The van der Waals surface area contributed by atoms with Gasteiger partial charge in [0.25, 0.3) is 5.91 Å². The van der Waals surface area contributed by atoms with Crippen LogP contribution in [-0.2, 0) is 4.79 Å². The number of rotatable bonds is 4. The largest absolute Gasteiger partial charge is 0.335 e. The lowest BCUT2D eigenvalue weighted by Crippen LogP contribution is -2.50. The minimum absolute atomic E-state index is 0.0609. The van der Waals surface area contributed by atoms with Gasteiger partial charge in [0.2, 0.25) is 5.91 Å². The van der Waals surface area contributed by atoms with Gasteiger partial charge in [0, 0.05) is 32.4 Å². The van der Waals surface area contributed by atoms with Crippen molar-refractivity contribution in [3.63, 3.8) is 0 Å². The molecule has 1 aromatic carbocycles. The van der Waals surface area contributed by atoms with Crippen molar-refractivity contribution in [2.75, 3.05) is 38.0 Å². The Morgan fingerprint density at radius 1 is 1.04 bits per heavy atom. The third kappa shape index (κ3) is 4.12. The summed E-state index contributed by atoms with van der Waals surface area (Å²) in [5, 5.41) is 3.49. The van der Waals surface area contributed by atoms with Crippen LogP contribution in [0.3, 0.4) is 0 Å². The molecule has 27 heavy (non-hydrogen) atoms. The maximum Gasteiger partial charge on any atom is 0.272 e. The highest BCUT2D eigenvalue weighted by Crippen LogP contribution is 2.25. The smallest absolute Gasteiger partial charge is 0.272 e. The minimum atomic E-state index is -0.0847. The predicted octanol–water partition coefficient (Wildman–Crippen LogP) is 2.09. The van der Waals surface area contributed by atoms with E-state index in [1.165, 1.54) is 11.3 Å². The van der Waals surface area contributed by atoms with Crippen molar-refractivity contribution in [2.24, 2.45) is 0 Å². The van der Waals surface area contributed by atoms with Crippen LogP contribution in [0.4, 0.5) is 5.13 Å². The van der Waals surface area contributed by atoms with Gasteiger partial charge in [-0.3, -0.25) is 19.5 Å². The van der Waals surface area contributed by atoms with Gasteiger partial charge in [0.05, 0.1) is 16.8 Å². The molecule has 2 aromatic heterocycles. The molecule has 1 aliphatic rings. The molecule has 0 aliphatic carbocycles. The van der Waals surface area contributed by atoms with Gasteiger partial charge in [-0.15, -0.1) is 0 Å². The van der Waals surface area contributed by atoms with E-state index in [9.17, 15) is 9.59 Å². The van der Waals surface area contributed by atoms with Gasteiger partial charge in [-0.25, -0.2) is 4.98 Å². The highest BCUT2D eigenvalue weighted by molar-refractivity contribution is 7.22. The van der Waals surface area contributed by atoms with Gasteiger partial charge in [-0.2, -0.15) is 0 Å². The van der Waals surface area contributed by atoms with E-state index < -0.39 is 0 Å². The first-order valence-corrected chi connectivity index (χ1v) is 9.59. The lowest BCUT2D eigenvalue weighted by molar-refractivity contribution is -0.117. The first-order chi connectivity index (χ1) is 13.2. The number of carbonyl (C=O) groups excluding carboxylic acids is 2. The van der Waals surface area contributed by atoms with E-state index in [2.05, 4.69) is 15.3 Å². The van der Waals surface area contributed by atoms with Crippen LogP contribution in [0.25, 0.3) is 10.2 Å². The molecule has 1 saturated heterocycles. The normalized spacial score (nSPS) is 15.0. The zero-order chi connectivity index (χ0) is 18.6. The number of hydrogen-bond donors (Lipinski definition) is 1. The van der Waals surface area contributed by atoms with Crippen LogP contribution in [0.5, 0.6) is 0 Å². The molecule has 138 valence electrons. The Hall–Kier alpha value is -2.84. The van der Waals surface area contributed by atoms with Crippen LogP contribution >= 0.6 is 11.3 Å². The number of fused-ring (bicyclic) bond motifs is 1. The zero-order valence-corrected chi connectivity index (χ0v) is 15.5. The lowest BCUT2D eigenvalue weighted by atomic mass is 10.2. The van der Waals surface area contributed by atoms with Crippen molar-refractivity contribution in [3.05, 3.63) is 54.4 Å². The van der Waals surface area contributed by atoms with Crippen molar-refractivity contribution in [1.29, 1.82) is 0 Å². The molecule has 0 saturated carbocycles. The molecule has 0 spiro atoms. The molecule has 4 rings (SSSR count). The fourth-order valence-electron chi connectivity index (χ4n) is 3.05. The molecule has 2 amide bonds. The standard InChI is InChI=1S/C19H19N5O2S/c25-17(22-19-21-14-5-1-2-7-16(14)27-19)13-23-9-11-24(12-10-23)18(26)15-6-3-4-8-20-15/h1-8H,9-13H2,(H,21,22,25). The molecule has 0 unspecified atom stereocenters. The number of benzene rings is 1.